The second-order valence-corrected chi connectivity index (χ2v) is 8.11. The van der Waals surface area contributed by atoms with Crippen LogP contribution in [-0.2, 0) is 17.8 Å². The van der Waals surface area contributed by atoms with Crippen molar-refractivity contribution in [2.24, 2.45) is 0 Å². The number of benzene rings is 2. The Hall–Kier alpha value is -3.34. The number of aryl methyl sites for hydroxylation is 1. The van der Waals surface area contributed by atoms with Gasteiger partial charge in [-0.1, -0.05) is 29.8 Å². The van der Waals surface area contributed by atoms with Crippen LogP contribution in [0.3, 0.4) is 0 Å². The van der Waals surface area contributed by atoms with Crippen molar-refractivity contribution in [1.82, 2.24) is 9.55 Å². The summed E-state index contributed by atoms with van der Waals surface area (Å²) in [7, 11) is 0. The summed E-state index contributed by atoms with van der Waals surface area (Å²) < 4.78 is 7.92. The minimum atomic E-state index is -0.193. The van der Waals surface area contributed by atoms with Gasteiger partial charge in [-0.15, -0.1) is 0 Å². The van der Waals surface area contributed by atoms with Crippen LogP contribution in [-0.4, -0.2) is 35.5 Å². The van der Waals surface area contributed by atoms with E-state index in [9.17, 15) is 4.79 Å². The van der Waals surface area contributed by atoms with Crippen LogP contribution in [0.5, 0.6) is 5.75 Å². The number of hydrogen-bond acceptors (Lipinski definition) is 4. The van der Waals surface area contributed by atoms with Gasteiger partial charge in [-0.05, 0) is 67.6 Å². The van der Waals surface area contributed by atoms with Crippen molar-refractivity contribution in [3.05, 3.63) is 83.4 Å². The standard InChI is InChI=1S/C27H31N3O2/c1-3-30(4-2)24-9-5-21(6-10-24)17-22-7-8-23-18-25(11-12-26(23)27(22)19-31)32-16-15-29-14-13-28-20-29/h5-6,9-14,17-20,27H,3-4,7-8,15-16H2,1-2H3/b22-17+. The molecule has 3 aromatic rings. The van der Waals surface area contributed by atoms with E-state index in [-0.39, 0.29) is 5.92 Å². The summed E-state index contributed by atoms with van der Waals surface area (Å²) in [6, 6.07) is 14.8. The van der Waals surface area contributed by atoms with E-state index < -0.39 is 0 Å². The summed E-state index contributed by atoms with van der Waals surface area (Å²) in [5.74, 6) is 0.661. The van der Waals surface area contributed by atoms with Gasteiger partial charge in [0, 0.05) is 31.2 Å². The van der Waals surface area contributed by atoms with E-state index in [4.69, 9.17) is 4.74 Å². The fraction of sp³-hybridized carbons (Fsp3) is 0.333. The van der Waals surface area contributed by atoms with Crippen molar-refractivity contribution < 1.29 is 9.53 Å². The van der Waals surface area contributed by atoms with Crippen LogP contribution in [0.4, 0.5) is 5.69 Å². The van der Waals surface area contributed by atoms with E-state index in [1.807, 2.05) is 16.8 Å². The number of fused-ring (bicyclic) bond motifs is 1. The van der Waals surface area contributed by atoms with Gasteiger partial charge in [-0.2, -0.15) is 0 Å². The summed E-state index contributed by atoms with van der Waals surface area (Å²) in [5.41, 5.74) is 5.86. The number of carbonyl (C=O) groups is 1. The number of nitrogens with zero attached hydrogens (tertiary/aromatic N) is 3. The van der Waals surface area contributed by atoms with Gasteiger partial charge in [0.1, 0.15) is 18.6 Å². The fourth-order valence-corrected chi connectivity index (χ4v) is 4.42. The van der Waals surface area contributed by atoms with E-state index >= 15 is 0 Å². The molecule has 1 aromatic heterocycles. The first kappa shape index (κ1) is 21.9. The summed E-state index contributed by atoms with van der Waals surface area (Å²) in [5, 5.41) is 0. The summed E-state index contributed by atoms with van der Waals surface area (Å²) in [6.45, 7) is 7.68. The van der Waals surface area contributed by atoms with E-state index in [1.165, 1.54) is 16.8 Å². The maximum absolute atomic E-state index is 12.0. The minimum absolute atomic E-state index is 0.193. The van der Waals surface area contributed by atoms with Crippen LogP contribution >= 0.6 is 0 Å². The highest BCUT2D eigenvalue weighted by atomic mass is 16.5. The molecule has 0 bridgehead atoms. The molecular formula is C27H31N3O2. The monoisotopic (exact) mass is 429 g/mol. The molecule has 2 aromatic carbocycles. The lowest BCUT2D eigenvalue weighted by molar-refractivity contribution is -0.108. The topological polar surface area (TPSA) is 47.4 Å². The molecule has 5 heteroatoms. The summed E-state index contributed by atoms with van der Waals surface area (Å²) in [4.78, 5) is 18.4. The Bertz CT molecular complexity index is 1050. The van der Waals surface area contributed by atoms with Gasteiger partial charge < -0.3 is 19.0 Å². The highest BCUT2D eigenvalue weighted by Crippen LogP contribution is 2.37. The number of carbonyl (C=O) groups excluding carboxylic acids is 1. The van der Waals surface area contributed by atoms with Crippen LogP contribution in [0.25, 0.3) is 6.08 Å². The molecule has 1 unspecified atom stereocenters. The van der Waals surface area contributed by atoms with Gasteiger partial charge in [0.2, 0.25) is 0 Å². The van der Waals surface area contributed by atoms with E-state index in [0.717, 1.165) is 55.6 Å². The molecule has 4 rings (SSSR count). The second kappa shape index (κ2) is 10.3. The number of hydrogen-bond donors (Lipinski definition) is 0. The molecular weight excluding hydrogens is 398 g/mol. The van der Waals surface area contributed by atoms with E-state index in [2.05, 4.69) is 66.2 Å². The van der Waals surface area contributed by atoms with Gasteiger partial charge in [0.25, 0.3) is 0 Å². The predicted molar refractivity (Wildman–Crippen MR) is 129 cm³/mol. The van der Waals surface area contributed by atoms with Crippen LogP contribution in [0, 0.1) is 0 Å². The maximum atomic E-state index is 12.0. The van der Waals surface area contributed by atoms with E-state index in [1.54, 1.807) is 12.5 Å². The zero-order chi connectivity index (χ0) is 22.3. The molecule has 0 radical (unpaired) electrons. The van der Waals surface area contributed by atoms with Crippen molar-refractivity contribution >= 4 is 18.0 Å². The predicted octanol–water partition coefficient (Wildman–Crippen LogP) is 5.12. The average Bonchev–Trinajstić information content (AvgIpc) is 3.34. The lowest BCUT2D eigenvalue weighted by Gasteiger charge is -2.25. The van der Waals surface area contributed by atoms with Gasteiger partial charge >= 0.3 is 0 Å². The van der Waals surface area contributed by atoms with Gasteiger partial charge in [-0.25, -0.2) is 4.98 Å². The maximum Gasteiger partial charge on any atom is 0.131 e. The Morgan fingerprint density at radius 2 is 1.94 bits per heavy atom. The van der Waals surface area contributed by atoms with Gasteiger partial charge in [-0.3, -0.25) is 0 Å². The normalized spacial score (nSPS) is 16.6. The van der Waals surface area contributed by atoms with Crippen LogP contribution in [0.1, 0.15) is 42.9 Å². The molecule has 1 atom stereocenters. The number of aldehydes is 1. The van der Waals surface area contributed by atoms with Crippen molar-refractivity contribution in [3.63, 3.8) is 0 Å². The molecule has 0 amide bonds. The fourth-order valence-electron chi connectivity index (χ4n) is 4.42. The molecule has 0 aliphatic heterocycles. The molecule has 1 aliphatic rings. The third kappa shape index (κ3) is 4.93. The number of anilines is 1. The largest absolute Gasteiger partial charge is 0.492 e. The Morgan fingerprint density at radius 3 is 2.62 bits per heavy atom. The van der Waals surface area contributed by atoms with Crippen LogP contribution in [0.2, 0.25) is 0 Å². The molecule has 1 aliphatic carbocycles. The number of aromatic nitrogens is 2. The molecule has 0 spiro atoms. The zero-order valence-corrected chi connectivity index (χ0v) is 18.9. The Kier molecular flexibility index (Phi) is 7.05. The molecule has 166 valence electrons. The van der Waals surface area contributed by atoms with Crippen LogP contribution < -0.4 is 9.64 Å². The zero-order valence-electron chi connectivity index (χ0n) is 18.9. The minimum Gasteiger partial charge on any atom is -0.492 e. The lowest BCUT2D eigenvalue weighted by atomic mass is 9.79. The number of rotatable bonds is 9. The lowest BCUT2D eigenvalue weighted by Crippen LogP contribution is -2.21. The van der Waals surface area contributed by atoms with Crippen molar-refractivity contribution in [1.29, 1.82) is 0 Å². The Balaban J connectivity index is 1.47. The van der Waals surface area contributed by atoms with Crippen LogP contribution in [0.15, 0.2) is 66.8 Å². The SMILES string of the molecule is CCN(CC)c1ccc(/C=C2\CCc3cc(OCCn4ccnc4)ccc3C2C=O)cc1. The molecule has 0 fully saturated rings. The summed E-state index contributed by atoms with van der Waals surface area (Å²) >= 11 is 0. The molecule has 0 saturated heterocycles. The third-order valence-electron chi connectivity index (χ3n) is 6.22. The van der Waals surface area contributed by atoms with E-state index in [0.29, 0.717) is 6.61 Å². The van der Waals surface area contributed by atoms with Gasteiger partial charge in [0.15, 0.2) is 0 Å². The molecule has 5 nitrogen and oxygen atoms in total. The highest BCUT2D eigenvalue weighted by molar-refractivity contribution is 5.74. The van der Waals surface area contributed by atoms with Gasteiger partial charge in [0.05, 0.1) is 18.8 Å². The molecule has 0 N–H and O–H groups in total. The smallest absolute Gasteiger partial charge is 0.131 e. The van der Waals surface area contributed by atoms with Crippen molar-refractivity contribution in [3.8, 4) is 5.75 Å². The number of ether oxygens (including phenoxy) is 1. The number of allylic oxidation sites excluding steroid dienone is 1. The second-order valence-electron chi connectivity index (χ2n) is 8.11. The highest BCUT2D eigenvalue weighted by Gasteiger charge is 2.24. The Labute approximate surface area is 190 Å². The average molecular weight is 430 g/mol. The third-order valence-corrected chi connectivity index (χ3v) is 6.22. The Morgan fingerprint density at radius 1 is 1.12 bits per heavy atom. The number of imidazole rings is 1. The molecule has 0 saturated carbocycles. The quantitative estimate of drug-likeness (QED) is 0.443. The first-order chi connectivity index (χ1) is 15.7. The van der Waals surface area contributed by atoms with Crippen molar-refractivity contribution in [2.45, 2.75) is 39.2 Å². The first-order valence-electron chi connectivity index (χ1n) is 11.4. The first-order valence-corrected chi connectivity index (χ1v) is 11.4. The molecule has 32 heavy (non-hydrogen) atoms. The summed E-state index contributed by atoms with van der Waals surface area (Å²) in [6.07, 6.45) is 10.5. The van der Waals surface area contributed by atoms with Crippen molar-refractivity contribution in [2.75, 3.05) is 24.6 Å². The molecule has 1 heterocycles.